The zero-order valence-electron chi connectivity index (χ0n) is 11.0. The van der Waals surface area contributed by atoms with Gasteiger partial charge in [0, 0.05) is 13.1 Å². The molecule has 0 unspecified atom stereocenters. The van der Waals surface area contributed by atoms with Crippen LogP contribution < -0.4 is 0 Å². The first-order valence-corrected chi connectivity index (χ1v) is 6.83. The van der Waals surface area contributed by atoms with Crippen LogP contribution in [0.15, 0.2) is 30.5 Å². The molecular weight excluding hydrogens is 295 g/mol. The van der Waals surface area contributed by atoms with Crippen LogP contribution in [0.5, 0.6) is 5.75 Å². The summed E-state index contributed by atoms with van der Waals surface area (Å²) in [5.41, 5.74) is 2.04. The van der Waals surface area contributed by atoms with Crippen LogP contribution in [0.1, 0.15) is 21.5 Å². The maximum Gasteiger partial charge on any atom is 0.257 e. The summed E-state index contributed by atoms with van der Waals surface area (Å²) in [7, 11) is 0. The minimum absolute atomic E-state index is 0.0110. The molecule has 1 aliphatic heterocycles. The monoisotopic (exact) mass is 306 g/mol. The number of fused-ring (bicyclic) bond motifs is 1. The van der Waals surface area contributed by atoms with Gasteiger partial charge in [0.2, 0.25) is 0 Å². The average molecular weight is 307 g/mol. The van der Waals surface area contributed by atoms with Gasteiger partial charge in [-0.15, -0.1) is 0 Å². The minimum Gasteiger partial charge on any atom is -0.508 e. The summed E-state index contributed by atoms with van der Waals surface area (Å²) in [4.78, 5) is 17.7. The second-order valence-electron chi connectivity index (χ2n) is 4.92. The summed E-state index contributed by atoms with van der Waals surface area (Å²) in [5, 5.41) is 9.52. The van der Waals surface area contributed by atoms with Crippen molar-refractivity contribution in [1.82, 2.24) is 9.88 Å². The zero-order valence-corrected chi connectivity index (χ0v) is 11.8. The lowest BCUT2D eigenvalue weighted by atomic mass is 9.99. The van der Waals surface area contributed by atoms with Gasteiger partial charge in [-0.1, -0.05) is 17.7 Å². The molecule has 0 bridgehead atoms. The smallest absolute Gasteiger partial charge is 0.257 e. The number of rotatable bonds is 1. The van der Waals surface area contributed by atoms with Gasteiger partial charge in [0.05, 0.1) is 11.8 Å². The lowest BCUT2D eigenvalue weighted by Gasteiger charge is -2.29. The molecular formula is C15H12ClFN2O2. The summed E-state index contributed by atoms with van der Waals surface area (Å²) in [6, 6.07) is 6.21. The Morgan fingerprint density at radius 3 is 2.95 bits per heavy atom. The lowest BCUT2D eigenvalue weighted by Crippen LogP contribution is -2.36. The standard InChI is InChI=1S/C15H12ClFN2O2/c16-14-13(6-11(17)7-18-14)15(21)19-4-3-9-1-2-12(20)5-10(9)8-19/h1-2,5-7,20H,3-4,8H2. The molecule has 0 saturated carbocycles. The van der Waals surface area contributed by atoms with Crippen LogP contribution in [0.4, 0.5) is 4.39 Å². The third-order valence-corrected chi connectivity index (χ3v) is 3.83. The Balaban J connectivity index is 1.88. The van der Waals surface area contributed by atoms with E-state index in [0.717, 1.165) is 23.4 Å². The number of benzene rings is 1. The molecule has 2 aromatic rings. The molecule has 1 aromatic heterocycles. The van der Waals surface area contributed by atoms with Gasteiger partial charge in [-0.05, 0) is 35.7 Å². The Morgan fingerprint density at radius 2 is 2.14 bits per heavy atom. The number of amides is 1. The van der Waals surface area contributed by atoms with E-state index in [-0.39, 0.29) is 22.4 Å². The fraction of sp³-hybridized carbons (Fsp3) is 0.200. The molecule has 108 valence electrons. The van der Waals surface area contributed by atoms with E-state index in [1.54, 1.807) is 17.0 Å². The number of halogens is 2. The highest BCUT2D eigenvalue weighted by Gasteiger charge is 2.24. The molecule has 4 nitrogen and oxygen atoms in total. The third-order valence-electron chi connectivity index (χ3n) is 3.53. The van der Waals surface area contributed by atoms with Crippen molar-refractivity contribution in [3.63, 3.8) is 0 Å². The van der Waals surface area contributed by atoms with E-state index in [9.17, 15) is 14.3 Å². The lowest BCUT2D eigenvalue weighted by molar-refractivity contribution is 0.0733. The summed E-state index contributed by atoms with van der Waals surface area (Å²) < 4.78 is 13.2. The molecule has 0 atom stereocenters. The highest BCUT2D eigenvalue weighted by atomic mass is 35.5. The summed E-state index contributed by atoms with van der Waals surface area (Å²) in [5.74, 6) is -0.799. The van der Waals surface area contributed by atoms with E-state index in [4.69, 9.17) is 11.6 Å². The Hall–Kier alpha value is -2.14. The molecule has 0 aliphatic carbocycles. The second kappa shape index (κ2) is 5.33. The fourth-order valence-electron chi connectivity index (χ4n) is 2.46. The van der Waals surface area contributed by atoms with Crippen molar-refractivity contribution in [2.45, 2.75) is 13.0 Å². The molecule has 0 saturated heterocycles. The minimum atomic E-state index is -0.599. The van der Waals surface area contributed by atoms with Crippen molar-refractivity contribution in [1.29, 1.82) is 0 Å². The van der Waals surface area contributed by atoms with E-state index in [0.29, 0.717) is 19.5 Å². The van der Waals surface area contributed by atoms with Crippen molar-refractivity contribution in [2.24, 2.45) is 0 Å². The Bertz CT molecular complexity index is 721. The van der Waals surface area contributed by atoms with E-state index in [1.807, 2.05) is 6.07 Å². The molecule has 1 amide bonds. The maximum absolute atomic E-state index is 13.2. The van der Waals surface area contributed by atoms with Crippen LogP contribution >= 0.6 is 11.6 Å². The molecule has 2 heterocycles. The first-order chi connectivity index (χ1) is 10.0. The molecule has 1 N–H and O–H groups in total. The number of aromatic nitrogens is 1. The number of pyridine rings is 1. The van der Waals surface area contributed by atoms with Crippen LogP contribution in [0.25, 0.3) is 0 Å². The normalized spacial score (nSPS) is 13.9. The number of phenols is 1. The first kappa shape index (κ1) is 13.8. The van der Waals surface area contributed by atoms with Gasteiger partial charge < -0.3 is 10.0 Å². The highest BCUT2D eigenvalue weighted by molar-refractivity contribution is 6.32. The first-order valence-electron chi connectivity index (χ1n) is 6.45. The van der Waals surface area contributed by atoms with Gasteiger partial charge in [-0.2, -0.15) is 0 Å². The van der Waals surface area contributed by atoms with Gasteiger partial charge in [0.25, 0.3) is 5.91 Å². The van der Waals surface area contributed by atoms with Crippen LogP contribution in [0, 0.1) is 5.82 Å². The quantitative estimate of drug-likeness (QED) is 0.824. The summed E-state index contributed by atoms with van der Waals surface area (Å²) in [6.07, 6.45) is 1.66. The number of nitrogens with zero attached hydrogens (tertiary/aromatic N) is 2. The van der Waals surface area contributed by atoms with Crippen molar-refractivity contribution in [3.05, 3.63) is 58.1 Å². The fourth-order valence-corrected chi connectivity index (χ4v) is 2.64. The van der Waals surface area contributed by atoms with Gasteiger partial charge in [0.1, 0.15) is 16.7 Å². The Labute approximate surface area is 125 Å². The molecule has 1 aromatic carbocycles. The van der Waals surface area contributed by atoms with Gasteiger partial charge in [-0.25, -0.2) is 9.37 Å². The zero-order chi connectivity index (χ0) is 15.0. The number of hydrogen-bond donors (Lipinski definition) is 1. The molecule has 21 heavy (non-hydrogen) atoms. The van der Waals surface area contributed by atoms with Gasteiger partial charge >= 0.3 is 0 Å². The molecule has 6 heteroatoms. The highest BCUT2D eigenvalue weighted by Crippen LogP contribution is 2.25. The third kappa shape index (κ3) is 2.69. The molecule has 0 fully saturated rings. The number of carbonyl (C=O) groups is 1. The largest absolute Gasteiger partial charge is 0.508 e. The van der Waals surface area contributed by atoms with E-state index in [2.05, 4.69) is 4.98 Å². The predicted octanol–water partition coefficient (Wildman–Crippen LogP) is 2.78. The second-order valence-corrected chi connectivity index (χ2v) is 5.28. The SMILES string of the molecule is O=C(c1cc(F)cnc1Cl)N1CCc2ccc(O)cc2C1. The summed E-state index contributed by atoms with van der Waals surface area (Å²) in [6.45, 7) is 0.874. The van der Waals surface area contributed by atoms with E-state index < -0.39 is 5.82 Å². The van der Waals surface area contributed by atoms with Crippen molar-refractivity contribution >= 4 is 17.5 Å². The van der Waals surface area contributed by atoms with Crippen molar-refractivity contribution < 1.29 is 14.3 Å². The van der Waals surface area contributed by atoms with Crippen molar-refractivity contribution in [2.75, 3.05) is 6.54 Å². The molecule has 0 spiro atoms. The van der Waals surface area contributed by atoms with Crippen LogP contribution in [0.3, 0.4) is 0 Å². The van der Waals surface area contributed by atoms with Crippen LogP contribution in [-0.4, -0.2) is 27.4 Å². The molecule has 1 aliphatic rings. The number of carbonyl (C=O) groups excluding carboxylic acids is 1. The summed E-state index contributed by atoms with van der Waals surface area (Å²) >= 11 is 5.87. The Morgan fingerprint density at radius 1 is 1.33 bits per heavy atom. The van der Waals surface area contributed by atoms with E-state index >= 15 is 0 Å². The van der Waals surface area contributed by atoms with Gasteiger partial charge in [0.15, 0.2) is 0 Å². The van der Waals surface area contributed by atoms with Crippen LogP contribution in [-0.2, 0) is 13.0 Å². The van der Waals surface area contributed by atoms with Gasteiger partial charge in [-0.3, -0.25) is 4.79 Å². The number of aromatic hydroxyl groups is 1. The maximum atomic E-state index is 13.2. The molecule has 3 rings (SSSR count). The number of hydrogen-bond acceptors (Lipinski definition) is 3. The number of phenolic OH excluding ortho intramolecular Hbond substituents is 1. The average Bonchev–Trinajstić information content (AvgIpc) is 2.48. The van der Waals surface area contributed by atoms with Crippen LogP contribution in [0.2, 0.25) is 5.15 Å². The van der Waals surface area contributed by atoms with E-state index in [1.165, 1.54) is 0 Å². The van der Waals surface area contributed by atoms with Crippen molar-refractivity contribution in [3.8, 4) is 5.75 Å². The Kier molecular flexibility index (Phi) is 3.51. The molecule has 0 radical (unpaired) electrons. The predicted molar refractivity (Wildman–Crippen MR) is 75.8 cm³/mol. The topological polar surface area (TPSA) is 53.4 Å².